The molecule has 0 atom stereocenters. The van der Waals surface area contributed by atoms with E-state index in [1.165, 1.54) is 17.1 Å². The topological polar surface area (TPSA) is 12.9 Å². The molecule has 2 rings (SSSR count). The van der Waals surface area contributed by atoms with Gasteiger partial charge in [0.2, 0.25) is 0 Å². The predicted octanol–water partition coefficient (Wildman–Crippen LogP) is 2.73. The van der Waals surface area contributed by atoms with Crippen LogP contribution >= 0.6 is 11.5 Å². The van der Waals surface area contributed by atoms with E-state index in [4.69, 9.17) is 0 Å². The summed E-state index contributed by atoms with van der Waals surface area (Å²) in [6.07, 6.45) is 0.949. The number of aromatic nitrogens is 1. The van der Waals surface area contributed by atoms with Crippen LogP contribution in [0.25, 0.3) is 0 Å². The average Bonchev–Trinajstić information content (AvgIpc) is 2.59. The van der Waals surface area contributed by atoms with Crippen LogP contribution in [-0.4, -0.2) is 4.37 Å². The molecule has 1 nitrogen and oxygen atoms in total. The second-order valence-electron chi connectivity index (χ2n) is 2.65. The molecule has 60 valence electrons. The van der Waals surface area contributed by atoms with Crippen LogP contribution in [0.5, 0.6) is 0 Å². The lowest BCUT2D eigenvalue weighted by molar-refractivity contribution is 1.14. The predicted molar refractivity (Wildman–Crippen MR) is 51.4 cm³/mol. The summed E-state index contributed by atoms with van der Waals surface area (Å²) in [5.74, 6) is 0. The van der Waals surface area contributed by atoms with Crippen molar-refractivity contribution < 1.29 is 0 Å². The summed E-state index contributed by atoms with van der Waals surface area (Å²) in [6.45, 7) is 0. The number of benzene rings is 1. The first kappa shape index (κ1) is 7.50. The summed E-state index contributed by atoms with van der Waals surface area (Å²) in [6, 6.07) is 12.5. The minimum Gasteiger partial charge on any atom is -0.197 e. The van der Waals surface area contributed by atoms with Gasteiger partial charge in [0.05, 0.1) is 5.69 Å². The van der Waals surface area contributed by atoms with Crippen LogP contribution in [0.3, 0.4) is 0 Å². The summed E-state index contributed by atoms with van der Waals surface area (Å²) in [5.41, 5.74) is 2.48. The molecule has 0 amide bonds. The molecule has 0 aliphatic heterocycles. The summed E-state index contributed by atoms with van der Waals surface area (Å²) < 4.78 is 4.25. The highest BCUT2D eigenvalue weighted by Crippen LogP contribution is 2.08. The van der Waals surface area contributed by atoms with Crippen LogP contribution in [0.4, 0.5) is 0 Å². The zero-order valence-electron chi connectivity index (χ0n) is 6.60. The first-order valence-corrected chi connectivity index (χ1v) is 4.72. The number of hydrogen-bond donors (Lipinski definition) is 0. The molecule has 0 saturated carbocycles. The molecular formula is C10H9NS. The fraction of sp³-hybridized carbons (Fsp3) is 0.100. The van der Waals surface area contributed by atoms with Gasteiger partial charge in [0.25, 0.3) is 0 Å². The third-order valence-corrected chi connectivity index (χ3v) is 2.32. The van der Waals surface area contributed by atoms with Crippen molar-refractivity contribution in [1.29, 1.82) is 0 Å². The molecular weight excluding hydrogens is 166 g/mol. The highest BCUT2D eigenvalue weighted by Gasteiger charge is 1.95. The molecule has 0 aliphatic carbocycles. The summed E-state index contributed by atoms with van der Waals surface area (Å²) in [7, 11) is 0. The lowest BCUT2D eigenvalue weighted by Crippen LogP contribution is -1.85. The van der Waals surface area contributed by atoms with Gasteiger partial charge in [-0.25, -0.2) is 0 Å². The SMILES string of the molecule is c1ccc(Cc2ccsn2)cc1. The van der Waals surface area contributed by atoms with Gasteiger partial charge in [-0.2, -0.15) is 4.37 Å². The molecule has 0 unspecified atom stereocenters. The van der Waals surface area contributed by atoms with Crippen LogP contribution in [0, 0.1) is 0 Å². The molecule has 12 heavy (non-hydrogen) atoms. The van der Waals surface area contributed by atoms with Gasteiger partial charge < -0.3 is 0 Å². The first-order valence-electron chi connectivity index (χ1n) is 3.88. The highest BCUT2D eigenvalue weighted by atomic mass is 32.1. The molecule has 1 heterocycles. The second kappa shape index (κ2) is 3.50. The largest absolute Gasteiger partial charge is 0.197 e. The Morgan fingerprint density at radius 2 is 1.92 bits per heavy atom. The third kappa shape index (κ3) is 1.71. The Balaban J connectivity index is 2.15. The number of rotatable bonds is 2. The Bertz CT molecular complexity index is 326. The Kier molecular flexibility index (Phi) is 2.19. The maximum Gasteiger partial charge on any atom is 0.0585 e. The average molecular weight is 175 g/mol. The normalized spacial score (nSPS) is 10.0. The van der Waals surface area contributed by atoms with Gasteiger partial charge in [-0.05, 0) is 23.2 Å². The fourth-order valence-corrected chi connectivity index (χ4v) is 1.67. The number of nitrogens with zero attached hydrogens (tertiary/aromatic N) is 1. The summed E-state index contributed by atoms with van der Waals surface area (Å²) in [4.78, 5) is 0. The van der Waals surface area contributed by atoms with Gasteiger partial charge in [-0.1, -0.05) is 30.3 Å². The standard InChI is InChI=1S/C10H9NS/c1-2-4-9(5-3-1)8-10-6-7-12-11-10/h1-7H,8H2. The van der Waals surface area contributed by atoms with Crippen molar-refractivity contribution in [3.63, 3.8) is 0 Å². The van der Waals surface area contributed by atoms with Crippen molar-refractivity contribution in [2.24, 2.45) is 0 Å². The summed E-state index contributed by atoms with van der Waals surface area (Å²) in [5, 5.41) is 2.01. The highest BCUT2D eigenvalue weighted by molar-refractivity contribution is 7.03. The van der Waals surface area contributed by atoms with Gasteiger partial charge >= 0.3 is 0 Å². The Morgan fingerprint density at radius 1 is 1.08 bits per heavy atom. The molecule has 0 aliphatic rings. The summed E-state index contributed by atoms with van der Waals surface area (Å²) >= 11 is 1.51. The van der Waals surface area contributed by atoms with Crippen molar-refractivity contribution in [1.82, 2.24) is 4.37 Å². The van der Waals surface area contributed by atoms with Crippen molar-refractivity contribution in [3.8, 4) is 0 Å². The zero-order valence-corrected chi connectivity index (χ0v) is 7.42. The Labute approximate surface area is 75.9 Å². The van der Waals surface area contributed by atoms with Gasteiger partial charge in [0, 0.05) is 11.8 Å². The minimum absolute atomic E-state index is 0.949. The van der Waals surface area contributed by atoms with Crippen molar-refractivity contribution in [2.75, 3.05) is 0 Å². The van der Waals surface area contributed by atoms with E-state index in [1.807, 2.05) is 11.4 Å². The van der Waals surface area contributed by atoms with Crippen molar-refractivity contribution in [3.05, 3.63) is 53.0 Å². The molecule has 2 heteroatoms. The van der Waals surface area contributed by atoms with E-state index >= 15 is 0 Å². The monoisotopic (exact) mass is 175 g/mol. The van der Waals surface area contributed by atoms with E-state index in [0.29, 0.717) is 0 Å². The van der Waals surface area contributed by atoms with E-state index in [1.54, 1.807) is 0 Å². The van der Waals surface area contributed by atoms with E-state index < -0.39 is 0 Å². The molecule has 1 aromatic carbocycles. The van der Waals surface area contributed by atoms with Gasteiger partial charge in [-0.15, -0.1) is 0 Å². The van der Waals surface area contributed by atoms with Crippen LogP contribution in [0.2, 0.25) is 0 Å². The fourth-order valence-electron chi connectivity index (χ4n) is 1.13. The molecule has 2 aromatic rings. The first-order chi connectivity index (χ1) is 5.95. The molecule has 1 aromatic heterocycles. The van der Waals surface area contributed by atoms with E-state index in [9.17, 15) is 0 Å². The molecule has 0 radical (unpaired) electrons. The maximum atomic E-state index is 4.25. The van der Waals surface area contributed by atoms with Crippen molar-refractivity contribution in [2.45, 2.75) is 6.42 Å². The minimum atomic E-state index is 0.949. The zero-order chi connectivity index (χ0) is 8.23. The molecule has 0 N–H and O–H groups in total. The molecule has 0 fully saturated rings. The quantitative estimate of drug-likeness (QED) is 0.684. The third-order valence-electron chi connectivity index (χ3n) is 1.72. The van der Waals surface area contributed by atoms with Crippen LogP contribution in [0.1, 0.15) is 11.3 Å². The smallest absolute Gasteiger partial charge is 0.0585 e. The van der Waals surface area contributed by atoms with E-state index in [2.05, 4.69) is 34.7 Å². The second-order valence-corrected chi connectivity index (χ2v) is 3.32. The number of hydrogen-bond acceptors (Lipinski definition) is 2. The van der Waals surface area contributed by atoms with Crippen LogP contribution in [-0.2, 0) is 6.42 Å². The Hall–Kier alpha value is -1.15. The van der Waals surface area contributed by atoms with E-state index in [-0.39, 0.29) is 0 Å². The van der Waals surface area contributed by atoms with Gasteiger partial charge in [0.15, 0.2) is 0 Å². The molecule has 0 bridgehead atoms. The van der Waals surface area contributed by atoms with Crippen LogP contribution in [0.15, 0.2) is 41.8 Å². The Morgan fingerprint density at radius 3 is 2.58 bits per heavy atom. The van der Waals surface area contributed by atoms with Crippen molar-refractivity contribution >= 4 is 11.5 Å². The van der Waals surface area contributed by atoms with Gasteiger partial charge in [0.1, 0.15) is 0 Å². The lowest BCUT2D eigenvalue weighted by Gasteiger charge is -1.95. The van der Waals surface area contributed by atoms with Crippen LogP contribution < -0.4 is 0 Å². The lowest BCUT2D eigenvalue weighted by atomic mass is 10.1. The maximum absolute atomic E-state index is 4.25. The molecule has 0 saturated heterocycles. The van der Waals surface area contributed by atoms with Gasteiger partial charge in [-0.3, -0.25) is 0 Å². The van der Waals surface area contributed by atoms with E-state index in [0.717, 1.165) is 12.1 Å². The molecule has 0 spiro atoms.